The smallest absolute Gasteiger partial charge is 0.264 e. The minimum atomic E-state index is 0.162. The van der Waals surface area contributed by atoms with Crippen molar-refractivity contribution in [2.45, 2.75) is 25.8 Å². The zero-order valence-electron chi connectivity index (χ0n) is 8.90. The topological polar surface area (TPSA) is 46.3 Å². The number of carbonyl (C=O) groups is 1. The number of carbonyl (C=O) groups excluding carboxylic acids is 1. The lowest BCUT2D eigenvalue weighted by atomic mass is 10.2. The number of amides is 1. The van der Waals surface area contributed by atoms with Crippen LogP contribution in [0.5, 0.6) is 0 Å². The second-order valence-electron chi connectivity index (χ2n) is 3.93. The van der Waals surface area contributed by atoms with Crippen LogP contribution in [0.4, 0.5) is 0 Å². The predicted octanol–water partition coefficient (Wildman–Crippen LogP) is 1.48. The molecule has 1 amide bonds. The molecule has 0 aliphatic carbocycles. The molecule has 2 N–H and O–H groups in total. The van der Waals surface area contributed by atoms with Crippen LogP contribution in [-0.4, -0.2) is 29.9 Å². The molecule has 1 saturated heterocycles. The fourth-order valence-electron chi connectivity index (χ4n) is 1.92. The first-order valence-electron chi connectivity index (χ1n) is 5.33. The maximum atomic E-state index is 12.1. The molecule has 0 radical (unpaired) electrons. The zero-order chi connectivity index (χ0) is 10.8. The van der Waals surface area contributed by atoms with Crippen LogP contribution in [0.1, 0.15) is 28.6 Å². The second-order valence-corrected chi connectivity index (χ2v) is 4.84. The first-order valence-corrected chi connectivity index (χ1v) is 6.21. The molecule has 1 unspecified atom stereocenters. The lowest BCUT2D eigenvalue weighted by Crippen LogP contribution is -2.31. The third-order valence-electron chi connectivity index (χ3n) is 2.83. The molecular formula is C11H16N2OS. The van der Waals surface area contributed by atoms with Gasteiger partial charge in [-0.05, 0) is 29.9 Å². The minimum absolute atomic E-state index is 0.162. The van der Waals surface area contributed by atoms with Gasteiger partial charge in [0.1, 0.15) is 0 Å². The molecule has 0 aromatic carbocycles. The van der Waals surface area contributed by atoms with Crippen molar-refractivity contribution in [3.05, 3.63) is 21.9 Å². The highest BCUT2D eigenvalue weighted by molar-refractivity contribution is 7.12. The van der Waals surface area contributed by atoms with Gasteiger partial charge in [-0.3, -0.25) is 4.79 Å². The highest BCUT2D eigenvalue weighted by Gasteiger charge is 2.26. The van der Waals surface area contributed by atoms with Crippen LogP contribution in [0.15, 0.2) is 11.4 Å². The third kappa shape index (κ3) is 2.06. The van der Waals surface area contributed by atoms with Gasteiger partial charge in [-0.2, -0.15) is 0 Å². The Balaban J connectivity index is 2.14. The van der Waals surface area contributed by atoms with Gasteiger partial charge in [0, 0.05) is 19.1 Å². The van der Waals surface area contributed by atoms with Gasteiger partial charge in [-0.1, -0.05) is 6.92 Å². The summed E-state index contributed by atoms with van der Waals surface area (Å²) in [4.78, 5) is 14.9. The third-order valence-corrected chi connectivity index (χ3v) is 3.78. The van der Waals surface area contributed by atoms with Gasteiger partial charge in [0.25, 0.3) is 5.91 Å². The molecule has 0 bridgehead atoms. The van der Waals surface area contributed by atoms with Crippen molar-refractivity contribution in [2.24, 2.45) is 5.73 Å². The highest BCUT2D eigenvalue weighted by atomic mass is 32.1. The first kappa shape index (κ1) is 10.6. The largest absolute Gasteiger partial charge is 0.336 e. The monoisotopic (exact) mass is 224 g/mol. The number of likely N-dealkylation sites (tertiary alicyclic amines) is 1. The standard InChI is InChI=1S/C11H16N2OS/c1-2-8-4-6-15-10(8)11(14)13-5-3-9(12)7-13/h4,6,9H,2-3,5,7,12H2,1H3. The molecular weight excluding hydrogens is 208 g/mol. The van der Waals surface area contributed by atoms with E-state index in [9.17, 15) is 4.79 Å². The van der Waals surface area contributed by atoms with Crippen LogP contribution < -0.4 is 5.73 Å². The van der Waals surface area contributed by atoms with E-state index in [1.54, 1.807) is 0 Å². The molecule has 1 atom stereocenters. The molecule has 2 rings (SSSR count). The number of aryl methyl sites for hydroxylation is 1. The summed E-state index contributed by atoms with van der Waals surface area (Å²) in [6, 6.07) is 2.20. The van der Waals surface area contributed by atoms with E-state index in [2.05, 4.69) is 6.92 Å². The summed E-state index contributed by atoms with van der Waals surface area (Å²) >= 11 is 1.54. The van der Waals surface area contributed by atoms with Gasteiger partial charge < -0.3 is 10.6 Å². The Morgan fingerprint density at radius 3 is 3.13 bits per heavy atom. The van der Waals surface area contributed by atoms with Crippen molar-refractivity contribution >= 4 is 17.2 Å². The van der Waals surface area contributed by atoms with Crippen LogP contribution >= 0.6 is 11.3 Å². The molecule has 3 nitrogen and oxygen atoms in total. The maximum Gasteiger partial charge on any atom is 0.264 e. The van der Waals surface area contributed by atoms with E-state index in [0.717, 1.165) is 29.8 Å². The Morgan fingerprint density at radius 1 is 1.73 bits per heavy atom. The maximum absolute atomic E-state index is 12.1. The molecule has 0 spiro atoms. The number of nitrogens with zero attached hydrogens (tertiary/aromatic N) is 1. The number of thiophene rings is 1. The van der Waals surface area contributed by atoms with Crippen molar-refractivity contribution in [3.8, 4) is 0 Å². The van der Waals surface area contributed by atoms with Crippen LogP contribution in [0, 0.1) is 0 Å². The van der Waals surface area contributed by atoms with E-state index in [0.29, 0.717) is 6.54 Å². The highest BCUT2D eigenvalue weighted by Crippen LogP contribution is 2.21. The van der Waals surface area contributed by atoms with Crippen LogP contribution in [0.25, 0.3) is 0 Å². The Hall–Kier alpha value is -0.870. The normalized spacial score (nSPS) is 20.9. The molecule has 1 aromatic rings. The fourth-order valence-corrected chi connectivity index (χ4v) is 2.88. The van der Waals surface area contributed by atoms with Crippen LogP contribution in [-0.2, 0) is 6.42 Å². The van der Waals surface area contributed by atoms with Crippen molar-refractivity contribution in [1.82, 2.24) is 4.90 Å². The lowest BCUT2D eigenvalue weighted by Gasteiger charge is -2.15. The van der Waals surface area contributed by atoms with E-state index in [1.165, 1.54) is 11.3 Å². The van der Waals surface area contributed by atoms with Gasteiger partial charge in [0.15, 0.2) is 0 Å². The fraction of sp³-hybridized carbons (Fsp3) is 0.545. The molecule has 0 saturated carbocycles. The number of rotatable bonds is 2. The molecule has 1 aliphatic rings. The zero-order valence-corrected chi connectivity index (χ0v) is 9.72. The van der Waals surface area contributed by atoms with Crippen molar-refractivity contribution in [2.75, 3.05) is 13.1 Å². The molecule has 82 valence electrons. The Kier molecular flexibility index (Phi) is 3.07. The van der Waals surface area contributed by atoms with E-state index >= 15 is 0 Å². The van der Waals surface area contributed by atoms with Gasteiger partial charge in [-0.25, -0.2) is 0 Å². The van der Waals surface area contributed by atoms with Crippen molar-refractivity contribution in [3.63, 3.8) is 0 Å². The molecule has 4 heteroatoms. The first-order chi connectivity index (χ1) is 7.22. The Bertz CT molecular complexity index is 361. The van der Waals surface area contributed by atoms with Crippen LogP contribution in [0.3, 0.4) is 0 Å². The predicted molar refractivity (Wildman–Crippen MR) is 62.2 cm³/mol. The average molecular weight is 224 g/mol. The summed E-state index contributed by atoms with van der Waals surface area (Å²) < 4.78 is 0. The van der Waals surface area contributed by atoms with Crippen molar-refractivity contribution < 1.29 is 4.79 Å². The number of hydrogen-bond acceptors (Lipinski definition) is 3. The van der Waals surface area contributed by atoms with E-state index < -0.39 is 0 Å². The molecule has 15 heavy (non-hydrogen) atoms. The lowest BCUT2D eigenvalue weighted by molar-refractivity contribution is 0.0794. The van der Waals surface area contributed by atoms with Gasteiger partial charge in [-0.15, -0.1) is 11.3 Å². The van der Waals surface area contributed by atoms with E-state index in [4.69, 9.17) is 5.73 Å². The molecule has 1 fully saturated rings. The summed E-state index contributed by atoms with van der Waals surface area (Å²) in [7, 11) is 0. The Morgan fingerprint density at radius 2 is 2.53 bits per heavy atom. The van der Waals surface area contributed by atoms with E-state index in [-0.39, 0.29) is 11.9 Å². The SMILES string of the molecule is CCc1ccsc1C(=O)N1CCC(N)C1. The van der Waals surface area contributed by atoms with E-state index in [1.807, 2.05) is 16.3 Å². The summed E-state index contributed by atoms with van der Waals surface area (Å²) in [6.45, 7) is 3.59. The van der Waals surface area contributed by atoms with Crippen LogP contribution in [0.2, 0.25) is 0 Å². The molecule has 1 aliphatic heterocycles. The summed E-state index contributed by atoms with van der Waals surface area (Å²) in [5, 5.41) is 1.99. The molecule has 1 aromatic heterocycles. The number of hydrogen-bond donors (Lipinski definition) is 1. The van der Waals surface area contributed by atoms with Gasteiger partial charge in [0.05, 0.1) is 4.88 Å². The summed E-state index contributed by atoms with van der Waals surface area (Å²) in [6.07, 6.45) is 1.85. The minimum Gasteiger partial charge on any atom is -0.336 e. The summed E-state index contributed by atoms with van der Waals surface area (Å²) in [5.41, 5.74) is 6.95. The Labute approximate surface area is 93.9 Å². The average Bonchev–Trinajstić information content (AvgIpc) is 2.84. The number of nitrogens with two attached hydrogens (primary N) is 1. The second kappa shape index (κ2) is 4.33. The summed E-state index contributed by atoms with van der Waals surface area (Å²) in [5.74, 6) is 0.162. The molecule has 2 heterocycles. The van der Waals surface area contributed by atoms with Crippen molar-refractivity contribution in [1.29, 1.82) is 0 Å². The van der Waals surface area contributed by atoms with Gasteiger partial charge >= 0.3 is 0 Å². The quantitative estimate of drug-likeness (QED) is 0.827. The van der Waals surface area contributed by atoms with Gasteiger partial charge in [0.2, 0.25) is 0 Å².